The van der Waals surface area contributed by atoms with Crippen LogP contribution < -0.4 is 0 Å². The molecule has 0 N–H and O–H groups in total. The molecule has 0 aromatic rings. The zero-order valence-electron chi connectivity index (χ0n) is 6.57. The highest BCUT2D eigenvalue weighted by Crippen LogP contribution is 2.18. The molecule has 1 aliphatic heterocycles. The SMILES string of the molecule is CC1C(=O)N(C)C(=O)N(I)C1=O. The van der Waals surface area contributed by atoms with Crippen LogP contribution in [-0.4, -0.2) is 32.9 Å². The van der Waals surface area contributed by atoms with Crippen LogP contribution in [0.5, 0.6) is 0 Å². The molecule has 1 atom stereocenters. The average Bonchev–Trinajstić information content (AvgIpc) is 2.08. The summed E-state index contributed by atoms with van der Waals surface area (Å²) in [5.41, 5.74) is 0. The predicted molar refractivity (Wildman–Crippen MR) is 48.2 cm³/mol. The van der Waals surface area contributed by atoms with Gasteiger partial charge in [0.25, 0.3) is 5.91 Å². The molecule has 0 bridgehead atoms. The molecule has 0 radical (unpaired) electrons. The minimum atomic E-state index is -0.746. The smallest absolute Gasteiger partial charge is 0.273 e. The normalized spacial score (nSPS) is 25.2. The fraction of sp³-hybridized carbons (Fsp3) is 0.500. The van der Waals surface area contributed by atoms with Crippen molar-refractivity contribution in [2.24, 2.45) is 5.92 Å². The van der Waals surface area contributed by atoms with Crippen molar-refractivity contribution < 1.29 is 14.4 Å². The number of rotatable bonds is 0. The molecular formula is C6H7IN2O3. The third kappa shape index (κ3) is 1.19. The molecule has 12 heavy (non-hydrogen) atoms. The predicted octanol–water partition coefficient (Wildman–Crippen LogP) is 0.393. The van der Waals surface area contributed by atoms with Crippen molar-refractivity contribution in [3.8, 4) is 0 Å². The highest BCUT2D eigenvalue weighted by atomic mass is 127. The van der Waals surface area contributed by atoms with E-state index in [-0.39, 0.29) is 0 Å². The second-order valence-corrected chi connectivity index (χ2v) is 3.49. The number of halogens is 1. The topological polar surface area (TPSA) is 57.7 Å². The van der Waals surface area contributed by atoms with Gasteiger partial charge in [-0.1, -0.05) is 0 Å². The van der Waals surface area contributed by atoms with Gasteiger partial charge in [0.05, 0.1) is 22.9 Å². The molecule has 0 spiro atoms. The van der Waals surface area contributed by atoms with Crippen molar-refractivity contribution >= 4 is 40.7 Å². The van der Waals surface area contributed by atoms with E-state index in [4.69, 9.17) is 0 Å². The number of carbonyl (C=O) groups excluding carboxylic acids is 3. The Hall–Kier alpha value is -0.660. The van der Waals surface area contributed by atoms with Gasteiger partial charge in [-0.25, -0.2) is 7.91 Å². The Morgan fingerprint density at radius 3 is 2.25 bits per heavy atom. The van der Waals surface area contributed by atoms with Crippen molar-refractivity contribution in [2.75, 3.05) is 7.05 Å². The van der Waals surface area contributed by atoms with E-state index in [0.717, 1.165) is 8.01 Å². The molecule has 1 heterocycles. The van der Waals surface area contributed by atoms with Crippen LogP contribution >= 0.6 is 22.9 Å². The second-order valence-electron chi connectivity index (χ2n) is 2.52. The van der Waals surface area contributed by atoms with E-state index in [1.165, 1.54) is 14.0 Å². The van der Waals surface area contributed by atoms with Crippen LogP contribution in [0.4, 0.5) is 4.79 Å². The first-order valence-corrected chi connectivity index (χ1v) is 4.24. The van der Waals surface area contributed by atoms with Crippen molar-refractivity contribution in [1.29, 1.82) is 0 Å². The lowest BCUT2D eigenvalue weighted by molar-refractivity contribution is -0.143. The Balaban J connectivity index is 2.99. The van der Waals surface area contributed by atoms with Gasteiger partial charge in [0.1, 0.15) is 5.92 Å². The Kier molecular flexibility index (Phi) is 2.36. The first kappa shape index (κ1) is 9.43. The van der Waals surface area contributed by atoms with Gasteiger partial charge in [0.15, 0.2) is 0 Å². The lowest BCUT2D eigenvalue weighted by Gasteiger charge is -2.29. The second kappa shape index (κ2) is 3.00. The number of urea groups is 1. The number of imide groups is 2. The molecule has 1 saturated heterocycles. The maximum absolute atomic E-state index is 11.1. The number of carbonyl (C=O) groups is 3. The number of nitrogens with zero attached hydrogens (tertiary/aromatic N) is 2. The molecule has 4 amide bonds. The van der Waals surface area contributed by atoms with E-state index in [1.807, 2.05) is 0 Å². The number of barbiturate groups is 1. The lowest BCUT2D eigenvalue weighted by Crippen LogP contribution is -2.53. The van der Waals surface area contributed by atoms with Crippen molar-refractivity contribution in [3.05, 3.63) is 0 Å². The van der Waals surface area contributed by atoms with E-state index < -0.39 is 23.8 Å². The summed E-state index contributed by atoms with van der Waals surface area (Å²) in [5.74, 6) is -1.65. The summed E-state index contributed by atoms with van der Waals surface area (Å²) in [6, 6.07) is -0.580. The largest absolute Gasteiger partial charge is 0.342 e. The third-order valence-electron chi connectivity index (χ3n) is 1.72. The van der Waals surface area contributed by atoms with Gasteiger partial charge in [0.2, 0.25) is 5.91 Å². The van der Waals surface area contributed by atoms with Gasteiger partial charge in [0, 0.05) is 7.05 Å². The van der Waals surface area contributed by atoms with Crippen molar-refractivity contribution in [1.82, 2.24) is 8.01 Å². The quantitative estimate of drug-likeness (QED) is 0.367. The van der Waals surface area contributed by atoms with E-state index in [2.05, 4.69) is 0 Å². The molecule has 1 unspecified atom stereocenters. The van der Waals surface area contributed by atoms with Crippen LogP contribution in [0.15, 0.2) is 0 Å². The Labute approximate surface area is 83.2 Å². The molecule has 1 aliphatic rings. The van der Waals surface area contributed by atoms with E-state index >= 15 is 0 Å². The summed E-state index contributed by atoms with van der Waals surface area (Å²) in [6.07, 6.45) is 0. The molecule has 1 fully saturated rings. The first-order chi connectivity index (χ1) is 5.46. The molecular weight excluding hydrogens is 275 g/mol. The maximum Gasteiger partial charge on any atom is 0.342 e. The summed E-state index contributed by atoms with van der Waals surface area (Å²) >= 11 is 1.59. The molecule has 0 aromatic heterocycles. The fourth-order valence-electron chi connectivity index (χ4n) is 0.886. The van der Waals surface area contributed by atoms with Gasteiger partial charge in [-0.2, -0.15) is 0 Å². The molecule has 0 aromatic carbocycles. The fourth-order valence-corrected chi connectivity index (χ4v) is 1.63. The van der Waals surface area contributed by atoms with E-state index in [1.54, 1.807) is 22.9 Å². The van der Waals surface area contributed by atoms with Crippen molar-refractivity contribution in [3.63, 3.8) is 0 Å². The van der Waals surface area contributed by atoms with Gasteiger partial charge < -0.3 is 0 Å². The van der Waals surface area contributed by atoms with Gasteiger partial charge in [-0.15, -0.1) is 0 Å². The minimum absolute atomic E-state index is 0.446. The van der Waals surface area contributed by atoms with E-state index in [0.29, 0.717) is 0 Å². The minimum Gasteiger partial charge on any atom is -0.273 e. The highest BCUT2D eigenvalue weighted by Gasteiger charge is 2.40. The van der Waals surface area contributed by atoms with Gasteiger partial charge in [-0.05, 0) is 6.92 Å². The number of amides is 4. The Bertz CT molecular complexity index is 205. The van der Waals surface area contributed by atoms with Crippen LogP contribution in [0.25, 0.3) is 0 Å². The third-order valence-corrected chi connectivity index (χ3v) is 2.61. The first-order valence-electron chi connectivity index (χ1n) is 3.28. The molecule has 5 nitrogen and oxygen atoms in total. The summed E-state index contributed by atoms with van der Waals surface area (Å²) in [6.45, 7) is 1.49. The molecule has 0 saturated carbocycles. The van der Waals surface area contributed by atoms with Crippen molar-refractivity contribution in [2.45, 2.75) is 6.92 Å². The maximum atomic E-state index is 11.1. The van der Waals surface area contributed by atoms with Crippen LogP contribution in [0.3, 0.4) is 0 Å². The molecule has 66 valence electrons. The molecule has 0 aliphatic carbocycles. The van der Waals surface area contributed by atoms with Gasteiger partial charge >= 0.3 is 6.03 Å². The lowest BCUT2D eigenvalue weighted by atomic mass is 10.1. The summed E-state index contributed by atoms with van der Waals surface area (Å²) < 4.78 is 0.920. The summed E-state index contributed by atoms with van der Waals surface area (Å²) in [5, 5.41) is 0. The summed E-state index contributed by atoms with van der Waals surface area (Å²) in [7, 11) is 1.36. The Morgan fingerprint density at radius 2 is 1.75 bits per heavy atom. The zero-order valence-corrected chi connectivity index (χ0v) is 8.73. The number of hydrogen-bond donors (Lipinski definition) is 0. The van der Waals surface area contributed by atoms with Crippen LogP contribution in [-0.2, 0) is 9.59 Å². The van der Waals surface area contributed by atoms with E-state index in [9.17, 15) is 14.4 Å². The zero-order chi connectivity index (χ0) is 9.46. The van der Waals surface area contributed by atoms with Crippen LogP contribution in [0, 0.1) is 5.92 Å². The average molecular weight is 282 g/mol. The van der Waals surface area contributed by atoms with Crippen LogP contribution in [0.2, 0.25) is 0 Å². The molecule has 6 heteroatoms. The highest BCUT2D eigenvalue weighted by molar-refractivity contribution is 14.1. The summed E-state index contributed by atoms with van der Waals surface area (Å²) in [4.78, 5) is 34.3. The monoisotopic (exact) mass is 282 g/mol. The Morgan fingerprint density at radius 1 is 1.25 bits per heavy atom. The molecule has 1 rings (SSSR count). The van der Waals surface area contributed by atoms with Gasteiger partial charge in [-0.3, -0.25) is 14.5 Å². The standard InChI is InChI=1S/C6H7IN2O3/c1-3-4(10)8(2)6(12)9(7)5(3)11/h3H,1-2H3. The van der Waals surface area contributed by atoms with Crippen LogP contribution in [0.1, 0.15) is 6.92 Å². The number of hydrogen-bond acceptors (Lipinski definition) is 3.